The summed E-state index contributed by atoms with van der Waals surface area (Å²) in [4.78, 5) is 16.6. The molecule has 0 atom stereocenters. The van der Waals surface area contributed by atoms with Crippen molar-refractivity contribution in [2.75, 3.05) is 5.32 Å². The van der Waals surface area contributed by atoms with Crippen molar-refractivity contribution in [1.29, 1.82) is 0 Å². The van der Waals surface area contributed by atoms with Crippen molar-refractivity contribution in [3.05, 3.63) is 52.1 Å². The number of pyridine rings is 1. The quantitative estimate of drug-likeness (QED) is 0.893. The molecular weight excluding hydrogens is 323 g/mol. The second kappa shape index (κ2) is 6.55. The van der Waals surface area contributed by atoms with Gasteiger partial charge in [0.05, 0.1) is 5.02 Å². The van der Waals surface area contributed by atoms with Gasteiger partial charge >= 0.3 is 0 Å². The number of carbonyl (C=O) groups is 1. The maximum Gasteiger partial charge on any atom is 0.269 e. The van der Waals surface area contributed by atoms with Crippen LogP contribution in [0, 0.1) is 6.92 Å². The van der Waals surface area contributed by atoms with E-state index >= 15 is 0 Å². The zero-order valence-electron chi connectivity index (χ0n) is 12.5. The van der Waals surface area contributed by atoms with Crippen LogP contribution in [-0.4, -0.2) is 16.5 Å². The minimum atomic E-state index is -1.12. The van der Waals surface area contributed by atoms with Gasteiger partial charge in [-0.15, -0.1) is 0 Å². The zero-order valence-corrected chi connectivity index (χ0v) is 14.0. The van der Waals surface area contributed by atoms with E-state index in [0.29, 0.717) is 21.6 Å². The van der Waals surface area contributed by atoms with E-state index in [2.05, 4.69) is 10.3 Å². The van der Waals surface area contributed by atoms with Crippen LogP contribution < -0.4 is 10.1 Å². The highest BCUT2D eigenvalue weighted by Gasteiger charge is 2.31. The van der Waals surface area contributed by atoms with E-state index in [4.69, 9.17) is 27.9 Å². The van der Waals surface area contributed by atoms with Gasteiger partial charge in [-0.2, -0.15) is 0 Å². The number of carbonyl (C=O) groups excluding carboxylic acids is 1. The van der Waals surface area contributed by atoms with E-state index < -0.39 is 5.60 Å². The molecule has 116 valence electrons. The molecule has 1 aromatic heterocycles. The van der Waals surface area contributed by atoms with Gasteiger partial charge in [-0.1, -0.05) is 29.3 Å². The van der Waals surface area contributed by atoms with Gasteiger partial charge in [0, 0.05) is 11.2 Å². The van der Waals surface area contributed by atoms with Gasteiger partial charge < -0.3 is 10.1 Å². The standard InChI is InChI=1S/C16H16Cl2N2O2/c1-10-5-4-8-19-14(10)20-15(21)16(2,3)22-13-7-6-11(17)9-12(13)18/h4-9H,1-3H3,(H,19,20,21). The van der Waals surface area contributed by atoms with E-state index in [1.165, 1.54) is 0 Å². The Kier molecular flexibility index (Phi) is 4.94. The summed E-state index contributed by atoms with van der Waals surface area (Å²) in [6.07, 6.45) is 1.62. The number of benzene rings is 1. The number of nitrogens with one attached hydrogen (secondary N) is 1. The Bertz CT molecular complexity index is 702. The van der Waals surface area contributed by atoms with Gasteiger partial charge in [0.15, 0.2) is 5.60 Å². The van der Waals surface area contributed by atoms with Crippen molar-refractivity contribution < 1.29 is 9.53 Å². The lowest BCUT2D eigenvalue weighted by Crippen LogP contribution is -2.42. The molecule has 2 rings (SSSR count). The molecule has 0 unspecified atom stereocenters. The van der Waals surface area contributed by atoms with Crippen molar-refractivity contribution >= 4 is 34.9 Å². The molecule has 0 radical (unpaired) electrons. The number of amides is 1. The van der Waals surface area contributed by atoms with Gasteiger partial charge in [-0.25, -0.2) is 4.98 Å². The molecule has 1 aromatic carbocycles. The molecule has 0 spiro atoms. The van der Waals surface area contributed by atoms with Crippen molar-refractivity contribution in [2.24, 2.45) is 0 Å². The van der Waals surface area contributed by atoms with E-state index in [1.54, 1.807) is 44.3 Å². The molecule has 0 aliphatic carbocycles. The number of anilines is 1. The summed E-state index contributed by atoms with van der Waals surface area (Å²) in [6, 6.07) is 8.52. The summed E-state index contributed by atoms with van der Waals surface area (Å²) >= 11 is 11.9. The summed E-state index contributed by atoms with van der Waals surface area (Å²) in [5.41, 5.74) is -0.252. The van der Waals surface area contributed by atoms with Crippen LogP contribution in [0.5, 0.6) is 5.75 Å². The van der Waals surface area contributed by atoms with Crippen molar-refractivity contribution in [3.8, 4) is 5.75 Å². The monoisotopic (exact) mass is 338 g/mol. The first kappa shape index (κ1) is 16.6. The Balaban J connectivity index is 2.15. The lowest BCUT2D eigenvalue weighted by molar-refractivity contribution is -0.128. The lowest BCUT2D eigenvalue weighted by atomic mass is 10.1. The van der Waals surface area contributed by atoms with Crippen LogP contribution in [0.1, 0.15) is 19.4 Å². The van der Waals surface area contributed by atoms with Crippen molar-refractivity contribution in [1.82, 2.24) is 4.98 Å². The zero-order chi connectivity index (χ0) is 16.3. The van der Waals surface area contributed by atoms with E-state index in [1.807, 2.05) is 13.0 Å². The van der Waals surface area contributed by atoms with E-state index in [-0.39, 0.29) is 5.91 Å². The number of ether oxygens (including phenoxy) is 1. The Morgan fingerprint density at radius 1 is 1.27 bits per heavy atom. The van der Waals surface area contributed by atoms with E-state index in [0.717, 1.165) is 5.56 Å². The lowest BCUT2D eigenvalue weighted by Gasteiger charge is -2.26. The third-order valence-corrected chi connectivity index (χ3v) is 3.58. The number of rotatable bonds is 4. The SMILES string of the molecule is Cc1cccnc1NC(=O)C(C)(C)Oc1ccc(Cl)cc1Cl. The summed E-state index contributed by atoms with van der Waals surface area (Å²) in [5, 5.41) is 3.61. The van der Waals surface area contributed by atoms with Crippen molar-refractivity contribution in [2.45, 2.75) is 26.4 Å². The summed E-state index contributed by atoms with van der Waals surface area (Å²) < 4.78 is 5.73. The topological polar surface area (TPSA) is 51.2 Å². The van der Waals surface area contributed by atoms with Crippen molar-refractivity contribution in [3.63, 3.8) is 0 Å². The van der Waals surface area contributed by atoms with Gasteiger partial charge in [0.1, 0.15) is 11.6 Å². The minimum absolute atomic E-state index is 0.319. The predicted octanol–water partition coefficient (Wildman–Crippen LogP) is 4.49. The van der Waals surface area contributed by atoms with Crippen LogP contribution in [0.2, 0.25) is 10.0 Å². The summed E-state index contributed by atoms with van der Waals surface area (Å²) in [6.45, 7) is 5.18. The Hall–Kier alpha value is -1.78. The third kappa shape index (κ3) is 3.90. The maximum absolute atomic E-state index is 12.4. The molecule has 0 bridgehead atoms. The van der Waals surface area contributed by atoms with Crippen LogP contribution in [0.3, 0.4) is 0 Å². The first-order chi connectivity index (χ1) is 10.3. The average molecular weight is 339 g/mol. The summed E-state index contributed by atoms with van der Waals surface area (Å²) in [7, 11) is 0. The Morgan fingerprint density at radius 2 is 2.00 bits per heavy atom. The Labute approximate surface area is 139 Å². The second-order valence-electron chi connectivity index (χ2n) is 5.31. The molecule has 0 fully saturated rings. The maximum atomic E-state index is 12.4. The molecule has 22 heavy (non-hydrogen) atoms. The molecule has 1 amide bonds. The average Bonchev–Trinajstić information content (AvgIpc) is 2.44. The number of halogens is 2. The highest BCUT2D eigenvalue weighted by atomic mass is 35.5. The molecule has 6 heteroatoms. The largest absolute Gasteiger partial charge is 0.476 e. The smallest absolute Gasteiger partial charge is 0.269 e. The first-order valence-electron chi connectivity index (χ1n) is 6.67. The molecule has 1 heterocycles. The normalized spacial score (nSPS) is 11.1. The predicted molar refractivity (Wildman–Crippen MR) is 88.8 cm³/mol. The van der Waals surface area contributed by atoms with Crippen LogP contribution in [0.4, 0.5) is 5.82 Å². The Morgan fingerprint density at radius 3 is 2.64 bits per heavy atom. The van der Waals surface area contributed by atoms with Gasteiger partial charge in [-0.3, -0.25) is 4.79 Å². The number of nitrogens with zero attached hydrogens (tertiary/aromatic N) is 1. The minimum Gasteiger partial charge on any atom is -0.476 e. The highest BCUT2D eigenvalue weighted by Crippen LogP contribution is 2.30. The number of aryl methyl sites for hydroxylation is 1. The first-order valence-corrected chi connectivity index (χ1v) is 7.42. The molecule has 0 saturated carbocycles. The fraction of sp³-hybridized carbons (Fsp3) is 0.250. The molecule has 0 aliphatic rings. The van der Waals surface area contributed by atoms with Crippen LogP contribution in [0.15, 0.2) is 36.5 Å². The molecule has 0 aliphatic heterocycles. The molecule has 2 aromatic rings. The second-order valence-corrected chi connectivity index (χ2v) is 6.15. The molecular formula is C16H16Cl2N2O2. The van der Waals surface area contributed by atoms with E-state index in [9.17, 15) is 4.79 Å². The molecule has 4 nitrogen and oxygen atoms in total. The molecule has 1 N–H and O–H groups in total. The highest BCUT2D eigenvalue weighted by molar-refractivity contribution is 6.35. The number of aromatic nitrogens is 1. The van der Waals surface area contributed by atoms with Gasteiger partial charge in [0.25, 0.3) is 5.91 Å². The van der Waals surface area contributed by atoms with Crippen LogP contribution >= 0.6 is 23.2 Å². The number of hydrogen-bond acceptors (Lipinski definition) is 3. The third-order valence-electron chi connectivity index (χ3n) is 3.05. The fourth-order valence-corrected chi connectivity index (χ4v) is 2.20. The molecule has 0 saturated heterocycles. The van der Waals surface area contributed by atoms with Gasteiger partial charge in [-0.05, 0) is 50.6 Å². The fourth-order valence-electron chi connectivity index (χ4n) is 1.75. The summed E-state index contributed by atoms with van der Waals surface area (Å²) in [5.74, 6) is 0.579. The number of hydrogen-bond donors (Lipinski definition) is 1. The van der Waals surface area contributed by atoms with Crippen LogP contribution in [0.25, 0.3) is 0 Å². The van der Waals surface area contributed by atoms with Gasteiger partial charge in [0.2, 0.25) is 0 Å². The van der Waals surface area contributed by atoms with Crippen LogP contribution in [-0.2, 0) is 4.79 Å².